The fraction of sp³-hybridized carbons (Fsp3) is 0.100. The molecule has 4 rings (SSSR count). The van der Waals surface area contributed by atoms with Gasteiger partial charge in [0.2, 0.25) is 0 Å². The number of aromatic nitrogens is 5. The van der Waals surface area contributed by atoms with Gasteiger partial charge in [0.25, 0.3) is 0 Å². The van der Waals surface area contributed by atoms with Gasteiger partial charge in [-0.15, -0.1) is 5.10 Å². The minimum Gasteiger partial charge on any atom is -0.335 e. The number of rotatable bonds is 5. The number of nitriles is 1. The first-order chi connectivity index (χ1) is 13.7. The van der Waals surface area contributed by atoms with Crippen LogP contribution in [-0.2, 0) is 6.54 Å². The van der Waals surface area contributed by atoms with Crippen LogP contribution >= 0.6 is 23.2 Å². The van der Waals surface area contributed by atoms with Crippen LogP contribution in [0.25, 0.3) is 11.3 Å². The van der Waals surface area contributed by atoms with Crippen LogP contribution in [0.1, 0.15) is 17.3 Å². The highest BCUT2D eigenvalue weighted by molar-refractivity contribution is 6.35. The largest absolute Gasteiger partial charge is 0.335 e. The molecule has 1 atom stereocenters. The molecule has 1 unspecified atom stereocenters. The van der Waals surface area contributed by atoms with Gasteiger partial charge in [-0.2, -0.15) is 5.26 Å². The molecule has 28 heavy (non-hydrogen) atoms. The number of benzene rings is 2. The summed E-state index contributed by atoms with van der Waals surface area (Å²) in [5, 5.41) is 19.0. The maximum atomic E-state index is 9.57. The molecule has 2 aromatic carbocycles. The number of imidazole rings is 1. The third-order valence-corrected chi connectivity index (χ3v) is 4.97. The molecule has 0 bridgehead atoms. The van der Waals surface area contributed by atoms with Crippen LogP contribution in [0.15, 0.2) is 67.3 Å². The first-order valence-corrected chi connectivity index (χ1v) is 9.24. The van der Waals surface area contributed by atoms with E-state index in [-0.39, 0.29) is 11.7 Å². The van der Waals surface area contributed by atoms with Crippen LogP contribution in [0.5, 0.6) is 0 Å². The number of nitrogens with zero attached hydrogens (tertiary/aromatic N) is 6. The highest BCUT2D eigenvalue weighted by Gasteiger charge is 2.25. The van der Waals surface area contributed by atoms with Gasteiger partial charge in [-0.05, 0) is 17.7 Å². The van der Waals surface area contributed by atoms with Crippen molar-refractivity contribution in [2.24, 2.45) is 0 Å². The van der Waals surface area contributed by atoms with Crippen molar-refractivity contribution in [1.82, 2.24) is 24.5 Å². The van der Waals surface area contributed by atoms with Crippen molar-refractivity contribution in [2.45, 2.75) is 12.6 Å². The van der Waals surface area contributed by atoms with Gasteiger partial charge in [-0.1, -0.05) is 64.8 Å². The predicted molar refractivity (Wildman–Crippen MR) is 107 cm³/mol. The van der Waals surface area contributed by atoms with E-state index in [1.165, 1.54) is 0 Å². The Balaban J connectivity index is 1.90. The highest BCUT2D eigenvalue weighted by atomic mass is 35.5. The van der Waals surface area contributed by atoms with E-state index in [1.54, 1.807) is 29.3 Å². The zero-order chi connectivity index (χ0) is 19.5. The average Bonchev–Trinajstić information content (AvgIpc) is 3.36. The predicted octanol–water partition coefficient (Wildman–Crippen LogP) is 4.61. The van der Waals surface area contributed by atoms with E-state index in [2.05, 4.69) is 21.4 Å². The molecule has 0 aliphatic heterocycles. The van der Waals surface area contributed by atoms with E-state index in [0.717, 1.165) is 11.1 Å². The van der Waals surface area contributed by atoms with Crippen molar-refractivity contribution in [1.29, 1.82) is 5.26 Å². The molecular formula is C20H14Cl2N6. The lowest BCUT2D eigenvalue weighted by Gasteiger charge is -2.21. The van der Waals surface area contributed by atoms with Crippen molar-refractivity contribution < 1.29 is 0 Å². The summed E-state index contributed by atoms with van der Waals surface area (Å²) in [5.41, 5.74) is 2.57. The first-order valence-electron chi connectivity index (χ1n) is 8.48. The molecule has 2 aromatic heterocycles. The summed E-state index contributed by atoms with van der Waals surface area (Å²) in [7, 11) is 0. The molecule has 4 aromatic rings. The molecule has 0 N–H and O–H groups in total. The molecule has 0 saturated heterocycles. The van der Waals surface area contributed by atoms with E-state index in [9.17, 15) is 5.26 Å². The van der Waals surface area contributed by atoms with E-state index < -0.39 is 0 Å². The molecule has 0 amide bonds. The van der Waals surface area contributed by atoms with Crippen molar-refractivity contribution in [2.75, 3.05) is 0 Å². The van der Waals surface area contributed by atoms with E-state index in [1.807, 2.05) is 47.2 Å². The van der Waals surface area contributed by atoms with Crippen molar-refractivity contribution in [3.05, 3.63) is 88.6 Å². The van der Waals surface area contributed by atoms with Crippen LogP contribution in [0.3, 0.4) is 0 Å². The zero-order valence-corrected chi connectivity index (χ0v) is 16.1. The number of hydrogen-bond acceptors (Lipinski definition) is 4. The molecule has 0 aliphatic rings. The van der Waals surface area contributed by atoms with Crippen molar-refractivity contribution >= 4 is 23.2 Å². The van der Waals surface area contributed by atoms with E-state index in [0.29, 0.717) is 22.3 Å². The van der Waals surface area contributed by atoms with Gasteiger partial charge < -0.3 is 4.57 Å². The summed E-state index contributed by atoms with van der Waals surface area (Å²) in [6.07, 6.45) is 5.29. The first kappa shape index (κ1) is 18.2. The molecule has 0 fully saturated rings. The Hall–Kier alpha value is -3.14. The molecule has 8 heteroatoms. The van der Waals surface area contributed by atoms with E-state index in [4.69, 9.17) is 23.2 Å². The fourth-order valence-corrected chi connectivity index (χ4v) is 3.66. The number of hydrogen-bond donors (Lipinski definition) is 0. The van der Waals surface area contributed by atoms with Gasteiger partial charge >= 0.3 is 0 Å². The molecule has 6 nitrogen and oxygen atoms in total. The molecule has 0 aliphatic carbocycles. The van der Waals surface area contributed by atoms with Crippen LogP contribution in [0.2, 0.25) is 10.0 Å². The summed E-state index contributed by atoms with van der Waals surface area (Å²) in [5.74, 6) is 0. The second kappa shape index (κ2) is 7.85. The SMILES string of the molecule is N#Cc1nnn(C(Cn2ccnc2)c2ccc(Cl)cc2Cl)c1-c1ccccc1. The number of halogens is 2. The second-order valence-corrected chi connectivity index (χ2v) is 6.99. The Morgan fingerprint density at radius 2 is 1.93 bits per heavy atom. The van der Waals surface area contributed by atoms with Crippen LogP contribution in [0.4, 0.5) is 0 Å². The molecule has 0 saturated carbocycles. The van der Waals surface area contributed by atoms with Crippen LogP contribution in [0, 0.1) is 11.3 Å². The van der Waals surface area contributed by atoms with Crippen molar-refractivity contribution in [3.8, 4) is 17.3 Å². The van der Waals surface area contributed by atoms with Gasteiger partial charge in [-0.25, -0.2) is 9.67 Å². The molecule has 138 valence electrons. The molecule has 0 spiro atoms. The average molecular weight is 409 g/mol. The van der Waals surface area contributed by atoms with Crippen LogP contribution < -0.4 is 0 Å². The van der Waals surface area contributed by atoms with Gasteiger partial charge in [0, 0.05) is 28.0 Å². The standard InChI is InChI=1S/C20H14Cl2N6/c21-15-6-7-16(17(22)10-15)19(12-27-9-8-24-13-27)28-20(18(11-23)25-26-28)14-4-2-1-3-5-14/h1-10,13,19H,12H2. The Kier molecular flexibility index (Phi) is 5.11. The molecular weight excluding hydrogens is 395 g/mol. The third kappa shape index (κ3) is 3.50. The smallest absolute Gasteiger partial charge is 0.190 e. The van der Waals surface area contributed by atoms with Crippen LogP contribution in [-0.4, -0.2) is 24.5 Å². The summed E-state index contributed by atoms with van der Waals surface area (Å²) in [6.45, 7) is 0.509. The Labute approximate surface area is 171 Å². The zero-order valence-electron chi connectivity index (χ0n) is 14.6. The molecule has 2 heterocycles. The van der Waals surface area contributed by atoms with Gasteiger partial charge in [0.15, 0.2) is 5.69 Å². The normalized spacial score (nSPS) is 11.9. The lowest BCUT2D eigenvalue weighted by Crippen LogP contribution is -2.19. The quantitative estimate of drug-likeness (QED) is 0.483. The summed E-state index contributed by atoms with van der Waals surface area (Å²) in [4.78, 5) is 4.11. The summed E-state index contributed by atoms with van der Waals surface area (Å²) < 4.78 is 3.67. The minimum absolute atomic E-state index is 0.256. The second-order valence-electron chi connectivity index (χ2n) is 6.15. The Morgan fingerprint density at radius 3 is 2.61 bits per heavy atom. The monoisotopic (exact) mass is 408 g/mol. The lowest BCUT2D eigenvalue weighted by atomic mass is 10.0. The Morgan fingerprint density at radius 1 is 1.11 bits per heavy atom. The third-order valence-electron chi connectivity index (χ3n) is 4.41. The maximum absolute atomic E-state index is 9.57. The lowest BCUT2D eigenvalue weighted by molar-refractivity contribution is 0.447. The van der Waals surface area contributed by atoms with Crippen molar-refractivity contribution in [3.63, 3.8) is 0 Å². The van der Waals surface area contributed by atoms with Gasteiger partial charge in [-0.3, -0.25) is 0 Å². The van der Waals surface area contributed by atoms with Gasteiger partial charge in [0.05, 0.1) is 18.9 Å². The Bertz CT molecular complexity index is 1130. The maximum Gasteiger partial charge on any atom is 0.190 e. The highest BCUT2D eigenvalue weighted by Crippen LogP contribution is 2.33. The summed E-state index contributed by atoms with van der Waals surface area (Å²) in [6, 6.07) is 16.8. The fourth-order valence-electron chi connectivity index (χ4n) is 3.13. The van der Waals surface area contributed by atoms with E-state index >= 15 is 0 Å². The minimum atomic E-state index is -0.316. The topological polar surface area (TPSA) is 72.3 Å². The summed E-state index contributed by atoms with van der Waals surface area (Å²) >= 11 is 12.6. The van der Waals surface area contributed by atoms with Gasteiger partial charge in [0.1, 0.15) is 11.8 Å². The molecule has 0 radical (unpaired) electrons.